The van der Waals surface area contributed by atoms with E-state index >= 15 is 0 Å². The Hall–Kier alpha value is -3.30. The van der Waals surface area contributed by atoms with E-state index in [1.807, 2.05) is 26.0 Å². The van der Waals surface area contributed by atoms with Crippen molar-refractivity contribution in [1.29, 1.82) is 0 Å². The first-order valence-electron chi connectivity index (χ1n) is 11.2. The predicted molar refractivity (Wildman–Crippen MR) is 124 cm³/mol. The lowest BCUT2D eigenvalue weighted by Crippen LogP contribution is -2.54. The first kappa shape index (κ1) is 21.2. The van der Waals surface area contributed by atoms with Crippen LogP contribution in [0.4, 0.5) is 17.1 Å². The highest BCUT2D eigenvalue weighted by Crippen LogP contribution is 2.61. The smallest absolute Gasteiger partial charge is 0.289 e. The molecule has 2 aromatic carbocycles. The molecule has 0 unspecified atom stereocenters. The standard InChI is InChI=1S/C24H21ClN4O5/c1-11-8-12(2)20-14(9-11)24(23(32)26-20)19-18(16-4-3-7-27(16)24)21(30)28(22(19)31)13-5-6-15(25)17(10-13)29(33)34/h5-6,8-10,16,18-19H,3-4,7H2,1-2H3,(H,26,32)/t16-,18-,19+,24+/m1/s1. The minimum Gasteiger partial charge on any atom is -0.324 e. The Morgan fingerprint density at radius 3 is 2.65 bits per heavy atom. The lowest BCUT2D eigenvalue weighted by Gasteiger charge is -2.36. The van der Waals surface area contributed by atoms with Crippen LogP contribution >= 0.6 is 11.6 Å². The van der Waals surface area contributed by atoms with E-state index < -0.39 is 34.1 Å². The molecule has 6 rings (SSSR count). The Morgan fingerprint density at radius 2 is 1.91 bits per heavy atom. The second-order valence-corrected chi connectivity index (χ2v) is 9.94. The van der Waals surface area contributed by atoms with Gasteiger partial charge in [0, 0.05) is 23.4 Å². The minimum absolute atomic E-state index is 0.0819. The summed E-state index contributed by atoms with van der Waals surface area (Å²) in [6.45, 7) is 4.47. The SMILES string of the molecule is Cc1cc(C)c2c(c1)[C@@]1(C(=O)N2)[C@@H]2C(=O)N(c3ccc(Cl)c([N+](=O)[O-])c3)C(=O)[C@@H]2[C@H]2CCCN21. The number of amides is 3. The van der Waals surface area contributed by atoms with E-state index in [-0.39, 0.29) is 28.3 Å². The van der Waals surface area contributed by atoms with Gasteiger partial charge in [0.05, 0.1) is 22.4 Å². The predicted octanol–water partition coefficient (Wildman–Crippen LogP) is 3.30. The highest BCUT2D eigenvalue weighted by molar-refractivity contribution is 6.33. The van der Waals surface area contributed by atoms with Crippen LogP contribution in [0.25, 0.3) is 0 Å². The summed E-state index contributed by atoms with van der Waals surface area (Å²) in [6.07, 6.45) is 1.51. The molecule has 10 heteroatoms. The summed E-state index contributed by atoms with van der Waals surface area (Å²) in [5, 5.41) is 14.3. The van der Waals surface area contributed by atoms with Crippen molar-refractivity contribution in [1.82, 2.24) is 4.90 Å². The number of nitro groups is 1. The molecule has 1 spiro atoms. The second-order valence-electron chi connectivity index (χ2n) is 9.54. The summed E-state index contributed by atoms with van der Waals surface area (Å²) >= 11 is 5.95. The highest BCUT2D eigenvalue weighted by atomic mass is 35.5. The number of nitrogens with one attached hydrogen (secondary N) is 1. The molecule has 3 saturated heterocycles. The maximum absolute atomic E-state index is 14.0. The Kier molecular flexibility index (Phi) is 4.29. The number of aryl methyl sites for hydroxylation is 2. The van der Waals surface area contributed by atoms with Crippen LogP contribution in [0, 0.1) is 35.8 Å². The molecule has 4 atom stereocenters. The summed E-state index contributed by atoms with van der Waals surface area (Å²) in [5.41, 5.74) is 1.73. The Bertz CT molecular complexity index is 1340. The van der Waals surface area contributed by atoms with Crippen LogP contribution in [0.2, 0.25) is 5.02 Å². The van der Waals surface area contributed by atoms with Crippen molar-refractivity contribution in [3.63, 3.8) is 0 Å². The third-order valence-electron chi connectivity index (χ3n) is 7.83. The number of fused-ring (bicyclic) bond motifs is 7. The molecular formula is C24H21ClN4O5. The van der Waals surface area contributed by atoms with E-state index in [1.165, 1.54) is 12.1 Å². The van der Waals surface area contributed by atoms with Gasteiger partial charge in [-0.2, -0.15) is 0 Å². The van der Waals surface area contributed by atoms with Crippen molar-refractivity contribution in [2.75, 3.05) is 16.8 Å². The lowest BCUT2D eigenvalue weighted by molar-refractivity contribution is -0.384. The van der Waals surface area contributed by atoms with E-state index in [4.69, 9.17) is 11.6 Å². The van der Waals surface area contributed by atoms with Crippen molar-refractivity contribution in [3.05, 3.63) is 62.2 Å². The first-order chi connectivity index (χ1) is 16.2. The number of nitrogens with zero attached hydrogens (tertiary/aromatic N) is 3. The second kappa shape index (κ2) is 6.86. The fourth-order valence-electron chi connectivity index (χ4n) is 6.69. The lowest BCUT2D eigenvalue weighted by atomic mass is 9.75. The van der Waals surface area contributed by atoms with Crippen LogP contribution in [-0.4, -0.2) is 40.1 Å². The third-order valence-corrected chi connectivity index (χ3v) is 8.15. The maximum atomic E-state index is 14.0. The molecule has 174 valence electrons. The topological polar surface area (TPSA) is 113 Å². The van der Waals surface area contributed by atoms with Gasteiger partial charge in [-0.1, -0.05) is 29.3 Å². The monoisotopic (exact) mass is 480 g/mol. The molecule has 2 aromatic rings. The van der Waals surface area contributed by atoms with Gasteiger partial charge in [-0.05, 0) is 50.9 Å². The number of imide groups is 1. The average Bonchev–Trinajstić information content (AvgIpc) is 3.48. The van der Waals surface area contributed by atoms with Gasteiger partial charge in [0.2, 0.25) is 17.7 Å². The minimum atomic E-state index is -1.28. The summed E-state index contributed by atoms with van der Waals surface area (Å²) in [5.74, 6) is -2.85. The molecule has 4 heterocycles. The fourth-order valence-corrected chi connectivity index (χ4v) is 6.88. The summed E-state index contributed by atoms with van der Waals surface area (Å²) in [7, 11) is 0. The number of benzene rings is 2. The fraction of sp³-hybridized carbons (Fsp3) is 0.375. The zero-order valence-electron chi connectivity index (χ0n) is 18.5. The van der Waals surface area contributed by atoms with Crippen molar-refractivity contribution in [2.24, 2.45) is 11.8 Å². The molecule has 0 saturated carbocycles. The molecule has 4 aliphatic rings. The van der Waals surface area contributed by atoms with Crippen LogP contribution in [0.1, 0.15) is 29.5 Å². The van der Waals surface area contributed by atoms with E-state index in [0.717, 1.165) is 34.1 Å². The number of halogens is 1. The molecule has 9 nitrogen and oxygen atoms in total. The Balaban J connectivity index is 1.55. The number of hydrogen-bond donors (Lipinski definition) is 1. The molecule has 34 heavy (non-hydrogen) atoms. The normalized spacial score (nSPS) is 29.6. The summed E-state index contributed by atoms with van der Waals surface area (Å²) in [4.78, 5) is 55.3. The van der Waals surface area contributed by atoms with Gasteiger partial charge in [-0.3, -0.25) is 29.4 Å². The van der Waals surface area contributed by atoms with Gasteiger partial charge in [0.1, 0.15) is 10.6 Å². The van der Waals surface area contributed by atoms with Gasteiger partial charge in [0.25, 0.3) is 5.69 Å². The Morgan fingerprint density at radius 1 is 1.15 bits per heavy atom. The van der Waals surface area contributed by atoms with Crippen LogP contribution in [0.5, 0.6) is 0 Å². The third kappa shape index (κ3) is 2.40. The molecule has 3 amide bonds. The van der Waals surface area contributed by atoms with Crippen molar-refractivity contribution >= 4 is 46.4 Å². The highest BCUT2D eigenvalue weighted by Gasteiger charge is 2.74. The van der Waals surface area contributed by atoms with Gasteiger partial charge < -0.3 is 5.32 Å². The molecular weight excluding hydrogens is 460 g/mol. The van der Waals surface area contributed by atoms with E-state index in [9.17, 15) is 24.5 Å². The summed E-state index contributed by atoms with van der Waals surface area (Å²) < 4.78 is 0. The average molecular weight is 481 g/mol. The number of carbonyl (C=O) groups is 3. The summed E-state index contributed by atoms with van der Waals surface area (Å²) in [6, 6.07) is 7.55. The number of carbonyl (C=O) groups excluding carboxylic acids is 3. The molecule has 4 aliphatic heterocycles. The van der Waals surface area contributed by atoms with Gasteiger partial charge in [0.15, 0.2) is 0 Å². The van der Waals surface area contributed by atoms with Crippen LogP contribution in [0.3, 0.4) is 0 Å². The molecule has 0 bridgehead atoms. The number of rotatable bonds is 2. The molecule has 3 fully saturated rings. The number of nitro benzene ring substituents is 1. The van der Waals surface area contributed by atoms with Gasteiger partial charge in [-0.25, -0.2) is 4.90 Å². The first-order valence-corrected chi connectivity index (χ1v) is 11.6. The molecule has 0 aliphatic carbocycles. The van der Waals surface area contributed by atoms with Gasteiger partial charge >= 0.3 is 0 Å². The van der Waals surface area contributed by atoms with Crippen molar-refractivity contribution < 1.29 is 19.3 Å². The quantitative estimate of drug-likeness (QED) is 0.401. The van der Waals surface area contributed by atoms with Crippen LogP contribution in [-0.2, 0) is 19.9 Å². The van der Waals surface area contributed by atoms with E-state index in [0.29, 0.717) is 18.7 Å². The molecule has 1 N–H and O–H groups in total. The van der Waals surface area contributed by atoms with Crippen LogP contribution < -0.4 is 10.2 Å². The van der Waals surface area contributed by atoms with E-state index in [1.54, 1.807) is 0 Å². The van der Waals surface area contributed by atoms with Crippen molar-refractivity contribution in [3.8, 4) is 0 Å². The van der Waals surface area contributed by atoms with E-state index in [2.05, 4.69) is 10.2 Å². The van der Waals surface area contributed by atoms with Crippen LogP contribution in [0.15, 0.2) is 30.3 Å². The van der Waals surface area contributed by atoms with Crippen molar-refractivity contribution in [2.45, 2.75) is 38.3 Å². The largest absolute Gasteiger partial charge is 0.324 e. The van der Waals surface area contributed by atoms with Gasteiger partial charge in [-0.15, -0.1) is 0 Å². The Labute approximate surface area is 199 Å². The maximum Gasteiger partial charge on any atom is 0.289 e. The molecule has 0 radical (unpaired) electrons. The number of hydrogen-bond acceptors (Lipinski definition) is 6. The zero-order valence-corrected chi connectivity index (χ0v) is 19.3. The number of anilines is 2. The molecule has 0 aromatic heterocycles. The zero-order chi connectivity index (χ0) is 24.1.